The van der Waals surface area contributed by atoms with Gasteiger partial charge in [-0.2, -0.15) is 0 Å². The molecule has 1 saturated heterocycles. The summed E-state index contributed by atoms with van der Waals surface area (Å²) in [6.45, 7) is 1.59. The van der Waals surface area contributed by atoms with Crippen molar-refractivity contribution in [2.45, 2.75) is 12.3 Å². The zero-order valence-corrected chi connectivity index (χ0v) is 12.4. The number of carbonyl (C=O) groups excluding carboxylic acids is 2. The lowest BCUT2D eigenvalue weighted by Crippen LogP contribution is -2.23. The van der Waals surface area contributed by atoms with E-state index in [1.54, 1.807) is 0 Å². The van der Waals surface area contributed by atoms with Crippen LogP contribution in [0.2, 0.25) is 0 Å². The number of ketones is 2. The Morgan fingerprint density at radius 3 is 2.65 bits per heavy atom. The third-order valence-electron chi connectivity index (χ3n) is 3.80. The van der Waals surface area contributed by atoms with Crippen LogP contribution >= 0.6 is 15.9 Å². The fourth-order valence-corrected chi connectivity index (χ4v) is 3.41. The van der Waals surface area contributed by atoms with Crippen molar-refractivity contribution in [3.8, 4) is 0 Å². The average molecular weight is 332 g/mol. The van der Waals surface area contributed by atoms with E-state index in [1.165, 1.54) is 6.08 Å². The van der Waals surface area contributed by atoms with Crippen molar-refractivity contribution >= 4 is 27.5 Å². The molecular formula is C16H14BrNO2. The topological polar surface area (TPSA) is 46.2 Å². The number of nitrogens with one attached hydrogen (secondary N) is 1. The van der Waals surface area contributed by atoms with Gasteiger partial charge in [0.1, 0.15) is 0 Å². The first-order chi connectivity index (χ1) is 9.68. The minimum absolute atomic E-state index is 0.110. The van der Waals surface area contributed by atoms with Gasteiger partial charge in [-0.15, -0.1) is 0 Å². The predicted molar refractivity (Wildman–Crippen MR) is 80.7 cm³/mol. The van der Waals surface area contributed by atoms with Crippen molar-refractivity contribution in [1.29, 1.82) is 0 Å². The minimum atomic E-state index is -0.433. The molecule has 0 bridgehead atoms. The first kappa shape index (κ1) is 13.5. The lowest BCUT2D eigenvalue weighted by atomic mass is 9.82. The van der Waals surface area contributed by atoms with E-state index in [1.807, 2.05) is 18.2 Å². The highest BCUT2D eigenvalue weighted by Gasteiger charge is 2.32. The van der Waals surface area contributed by atoms with Crippen LogP contribution in [0.1, 0.15) is 17.9 Å². The summed E-state index contributed by atoms with van der Waals surface area (Å²) < 4.78 is 0.435. The van der Waals surface area contributed by atoms with Gasteiger partial charge in [0.2, 0.25) is 11.6 Å². The maximum Gasteiger partial charge on any atom is 0.240 e. The van der Waals surface area contributed by atoms with E-state index in [2.05, 4.69) is 33.4 Å². The Kier molecular flexibility index (Phi) is 3.68. The van der Waals surface area contributed by atoms with Gasteiger partial charge in [-0.3, -0.25) is 9.59 Å². The molecule has 0 saturated carbocycles. The van der Waals surface area contributed by atoms with E-state index < -0.39 is 11.6 Å². The zero-order chi connectivity index (χ0) is 14.1. The average Bonchev–Trinajstić information content (AvgIpc) is 2.68. The van der Waals surface area contributed by atoms with Crippen LogP contribution in [0.5, 0.6) is 0 Å². The highest BCUT2D eigenvalue weighted by atomic mass is 79.9. The molecule has 4 heteroatoms. The summed E-state index contributed by atoms with van der Waals surface area (Å²) in [6, 6.07) is 10.1. The van der Waals surface area contributed by atoms with Crippen molar-refractivity contribution < 1.29 is 9.59 Å². The van der Waals surface area contributed by atoms with Crippen LogP contribution in [-0.4, -0.2) is 24.7 Å². The van der Waals surface area contributed by atoms with Gasteiger partial charge in [0.05, 0.1) is 4.48 Å². The zero-order valence-electron chi connectivity index (χ0n) is 10.9. The molecule has 0 radical (unpaired) electrons. The molecule has 3 rings (SSSR count). The standard InChI is InChI=1S/C16H14BrNO2/c17-15-11-6-7-18-9-13(10-4-2-1-3-5-10)12(11)8-14(19)16(15)20/h1-5,8,13,18H,6-7,9H2. The summed E-state index contributed by atoms with van der Waals surface area (Å²) >= 11 is 3.31. The van der Waals surface area contributed by atoms with Crippen LogP contribution in [0, 0.1) is 0 Å². The van der Waals surface area contributed by atoms with Crippen molar-refractivity contribution in [1.82, 2.24) is 5.32 Å². The molecular weight excluding hydrogens is 318 g/mol. The predicted octanol–water partition coefficient (Wildman–Crippen LogP) is 2.49. The molecule has 1 N–H and O–H groups in total. The lowest BCUT2D eigenvalue weighted by Gasteiger charge is -2.23. The third-order valence-corrected chi connectivity index (χ3v) is 4.64. The van der Waals surface area contributed by atoms with E-state index in [0.29, 0.717) is 4.48 Å². The van der Waals surface area contributed by atoms with Crippen molar-refractivity contribution in [2.24, 2.45) is 0 Å². The normalized spacial score (nSPS) is 23.2. The summed E-state index contributed by atoms with van der Waals surface area (Å²) in [5.41, 5.74) is 3.10. The molecule has 1 aromatic rings. The summed E-state index contributed by atoms with van der Waals surface area (Å²) in [4.78, 5) is 23.7. The Hall–Kier alpha value is -1.52. The second-order valence-electron chi connectivity index (χ2n) is 5.00. The molecule has 1 aliphatic carbocycles. The summed E-state index contributed by atoms with van der Waals surface area (Å²) in [5.74, 6) is -0.755. The quantitative estimate of drug-likeness (QED) is 0.635. The summed E-state index contributed by atoms with van der Waals surface area (Å²) in [5, 5.41) is 3.38. The van der Waals surface area contributed by atoms with Crippen molar-refractivity contribution in [3.63, 3.8) is 0 Å². The van der Waals surface area contributed by atoms with Gasteiger partial charge in [0, 0.05) is 12.5 Å². The first-order valence-corrected chi connectivity index (χ1v) is 7.42. The number of benzene rings is 1. The van der Waals surface area contributed by atoms with E-state index >= 15 is 0 Å². The molecule has 1 aromatic carbocycles. The fourth-order valence-electron chi connectivity index (χ4n) is 2.78. The number of fused-ring (bicyclic) bond motifs is 1. The van der Waals surface area contributed by atoms with Gasteiger partial charge in [0.15, 0.2) is 0 Å². The van der Waals surface area contributed by atoms with E-state index in [0.717, 1.165) is 36.2 Å². The molecule has 2 aliphatic rings. The monoisotopic (exact) mass is 331 g/mol. The highest BCUT2D eigenvalue weighted by Crippen LogP contribution is 2.38. The van der Waals surface area contributed by atoms with Gasteiger partial charge in [0.25, 0.3) is 0 Å². The van der Waals surface area contributed by atoms with Crippen LogP contribution in [0.15, 0.2) is 52.0 Å². The van der Waals surface area contributed by atoms with Crippen molar-refractivity contribution in [2.75, 3.05) is 13.1 Å². The minimum Gasteiger partial charge on any atom is -0.315 e. The second kappa shape index (κ2) is 5.46. The van der Waals surface area contributed by atoms with Crippen LogP contribution in [0.4, 0.5) is 0 Å². The van der Waals surface area contributed by atoms with E-state index in [9.17, 15) is 9.59 Å². The Morgan fingerprint density at radius 2 is 1.90 bits per heavy atom. The Labute approximate surface area is 125 Å². The molecule has 20 heavy (non-hydrogen) atoms. The van der Waals surface area contributed by atoms with Gasteiger partial charge < -0.3 is 5.32 Å². The maximum atomic E-state index is 11.8. The lowest BCUT2D eigenvalue weighted by molar-refractivity contribution is -0.131. The molecule has 3 nitrogen and oxygen atoms in total. The molecule has 0 amide bonds. The van der Waals surface area contributed by atoms with Gasteiger partial charge in [-0.1, -0.05) is 30.3 Å². The molecule has 1 fully saturated rings. The van der Waals surface area contributed by atoms with Crippen LogP contribution in [0.25, 0.3) is 0 Å². The van der Waals surface area contributed by atoms with Gasteiger partial charge >= 0.3 is 0 Å². The van der Waals surface area contributed by atoms with Gasteiger partial charge in [-0.05, 0) is 51.7 Å². The molecule has 1 atom stereocenters. The Morgan fingerprint density at radius 1 is 1.15 bits per heavy atom. The molecule has 1 aliphatic heterocycles. The smallest absolute Gasteiger partial charge is 0.240 e. The second-order valence-corrected chi connectivity index (χ2v) is 5.80. The number of halogens is 1. The Balaban J connectivity index is 2.10. The Bertz CT molecular complexity index is 631. The summed E-state index contributed by atoms with van der Waals surface area (Å²) in [7, 11) is 0. The number of Topliss-reactive ketones (excluding diaryl/α,β-unsaturated/α-hetero) is 1. The van der Waals surface area contributed by atoms with Crippen LogP contribution < -0.4 is 5.32 Å². The molecule has 0 spiro atoms. The number of hydrogen-bond donors (Lipinski definition) is 1. The highest BCUT2D eigenvalue weighted by molar-refractivity contribution is 9.12. The third kappa shape index (κ3) is 2.30. The molecule has 1 heterocycles. The van der Waals surface area contributed by atoms with E-state index in [-0.39, 0.29) is 5.92 Å². The SMILES string of the molecule is O=C1C=C2C(=C(Br)C1=O)CCNCC2c1ccccc1. The van der Waals surface area contributed by atoms with Crippen molar-refractivity contribution in [3.05, 3.63) is 57.6 Å². The molecule has 0 aromatic heterocycles. The largest absolute Gasteiger partial charge is 0.315 e. The van der Waals surface area contributed by atoms with Gasteiger partial charge in [-0.25, -0.2) is 0 Å². The molecule has 1 unspecified atom stereocenters. The number of hydrogen-bond acceptors (Lipinski definition) is 3. The van der Waals surface area contributed by atoms with Crippen LogP contribution in [0.3, 0.4) is 0 Å². The van der Waals surface area contributed by atoms with Crippen LogP contribution in [-0.2, 0) is 9.59 Å². The fraction of sp³-hybridized carbons (Fsp3) is 0.250. The first-order valence-electron chi connectivity index (χ1n) is 6.63. The number of carbonyl (C=O) groups is 2. The number of allylic oxidation sites excluding steroid dienone is 2. The number of rotatable bonds is 1. The summed E-state index contributed by atoms with van der Waals surface area (Å²) in [6.07, 6.45) is 2.28. The maximum absolute atomic E-state index is 11.8. The van der Waals surface area contributed by atoms with E-state index in [4.69, 9.17) is 0 Å². The molecule has 102 valence electrons.